The molecule has 0 heterocycles. The standard InChI is InChI=1S/C9H10O2.C3H4O2.Li.H/c1-7(9(10)11)8-5-3-2-4-6-8;1-2-3(4)5;;/h2-7H,1H3,(H,10,11);2H,1H2,(H,4,5);;. The monoisotopic (exact) mass is 230 g/mol. The van der Waals surface area contributed by atoms with Crippen LogP contribution in [0, 0.1) is 0 Å². The minimum atomic E-state index is -0.981. The Labute approximate surface area is 112 Å². The molecule has 1 atom stereocenters. The van der Waals surface area contributed by atoms with Crippen molar-refractivity contribution in [3.05, 3.63) is 48.6 Å². The molecule has 1 unspecified atom stereocenters. The van der Waals surface area contributed by atoms with E-state index in [1.807, 2.05) is 30.3 Å². The van der Waals surface area contributed by atoms with Gasteiger partial charge in [0.15, 0.2) is 0 Å². The summed E-state index contributed by atoms with van der Waals surface area (Å²) in [5, 5.41) is 16.2. The van der Waals surface area contributed by atoms with Crippen molar-refractivity contribution in [1.29, 1.82) is 0 Å². The molecule has 0 radical (unpaired) electrons. The van der Waals surface area contributed by atoms with Gasteiger partial charge in [-0.25, -0.2) is 4.79 Å². The van der Waals surface area contributed by atoms with Crippen molar-refractivity contribution < 1.29 is 19.8 Å². The summed E-state index contributed by atoms with van der Waals surface area (Å²) in [7, 11) is 0. The number of hydrogen-bond acceptors (Lipinski definition) is 2. The summed E-state index contributed by atoms with van der Waals surface area (Å²) in [5.41, 5.74) is 0.847. The molecule has 5 heteroatoms. The molecule has 0 saturated carbocycles. The van der Waals surface area contributed by atoms with Crippen LogP contribution in [0.4, 0.5) is 0 Å². The van der Waals surface area contributed by atoms with Crippen LogP contribution in [0.25, 0.3) is 0 Å². The third kappa shape index (κ3) is 8.32. The second kappa shape index (κ2) is 9.70. The van der Waals surface area contributed by atoms with Crippen LogP contribution in [-0.4, -0.2) is 41.0 Å². The summed E-state index contributed by atoms with van der Waals surface area (Å²) in [6.45, 7) is 4.64. The van der Waals surface area contributed by atoms with Crippen LogP contribution in [0.5, 0.6) is 0 Å². The van der Waals surface area contributed by atoms with E-state index >= 15 is 0 Å². The molecular formula is C12H15LiO4. The van der Waals surface area contributed by atoms with E-state index in [1.54, 1.807) is 6.92 Å². The van der Waals surface area contributed by atoms with Gasteiger partial charge < -0.3 is 10.2 Å². The van der Waals surface area contributed by atoms with Crippen LogP contribution in [0.3, 0.4) is 0 Å². The van der Waals surface area contributed by atoms with Gasteiger partial charge >= 0.3 is 30.8 Å². The third-order valence-corrected chi connectivity index (χ3v) is 1.84. The summed E-state index contributed by atoms with van der Waals surface area (Å²) in [6, 6.07) is 9.19. The molecule has 1 rings (SSSR count). The van der Waals surface area contributed by atoms with E-state index < -0.39 is 17.9 Å². The van der Waals surface area contributed by atoms with Gasteiger partial charge in [0.05, 0.1) is 5.92 Å². The van der Waals surface area contributed by atoms with E-state index in [-0.39, 0.29) is 18.9 Å². The zero-order chi connectivity index (χ0) is 12.6. The summed E-state index contributed by atoms with van der Waals surface area (Å²) in [4.78, 5) is 19.7. The summed E-state index contributed by atoms with van der Waals surface area (Å²) >= 11 is 0. The van der Waals surface area contributed by atoms with Crippen molar-refractivity contribution in [2.24, 2.45) is 0 Å². The van der Waals surface area contributed by atoms with Gasteiger partial charge in [-0.05, 0) is 12.5 Å². The van der Waals surface area contributed by atoms with Crippen molar-refractivity contribution in [1.82, 2.24) is 0 Å². The van der Waals surface area contributed by atoms with Gasteiger partial charge in [0.1, 0.15) is 0 Å². The van der Waals surface area contributed by atoms with E-state index in [0.29, 0.717) is 0 Å². The molecule has 0 aromatic heterocycles. The van der Waals surface area contributed by atoms with E-state index in [4.69, 9.17) is 10.2 Å². The Bertz CT molecular complexity index is 362. The minimum absolute atomic E-state index is 0. The second-order valence-electron chi connectivity index (χ2n) is 3.01. The first-order chi connectivity index (χ1) is 7.49. The van der Waals surface area contributed by atoms with Gasteiger partial charge in [-0.15, -0.1) is 0 Å². The predicted molar refractivity (Wildman–Crippen MR) is 67.5 cm³/mol. The van der Waals surface area contributed by atoms with Crippen molar-refractivity contribution >= 4 is 30.8 Å². The molecule has 0 aliphatic carbocycles. The molecule has 1 aromatic rings. The molecule has 0 aliphatic heterocycles. The van der Waals surface area contributed by atoms with Gasteiger partial charge in [-0.3, -0.25) is 4.79 Å². The summed E-state index contributed by atoms with van der Waals surface area (Å²) < 4.78 is 0. The van der Waals surface area contributed by atoms with Crippen LogP contribution in [-0.2, 0) is 9.59 Å². The Morgan fingerprint density at radius 3 is 1.94 bits per heavy atom. The first-order valence-electron chi connectivity index (χ1n) is 4.62. The van der Waals surface area contributed by atoms with E-state index in [9.17, 15) is 9.59 Å². The SMILES string of the molecule is C=CC(=O)O.CC(C(=O)O)c1ccccc1.[LiH]. The van der Waals surface area contributed by atoms with E-state index in [0.717, 1.165) is 11.6 Å². The molecule has 88 valence electrons. The van der Waals surface area contributed by atoms with Gasteiger partial charge in [0.25, 0.3) is 0 Å². The average molecular weight is 230 g/mol. The molecule has 0 spiro atoms. The fourth-order valence-corrected chi connectivity index (χ4v) is 0.884. The van der Waals surface area contributed by atoms with Crippen LogP contribution in [0.1, 0.15) is 18.4 Å². The van der Waals surface area contributed by atoms with Crippen molar-refractivity contribution in [2.75, 3.05) is 0 Å². The number of carbonyl (C=O) groups is 2. The Balaban J connectivity index is 0. The molecule has 2 N–H and O–H groups in total. The zero-order valence-electron chi connectivity index (χ0n) is 8.96. The number of benzene rings is 1. The van der Waals surface area contributed by atoms with E-state index in [2.05, 4.69) is 6.58 Å². The number of aliphatic carboxylic acids is 2. The Morgan fingerprint density at radius 2 is 1.65 bits per heavy atom. The summed E-state index contributed by atoms with van der Waals surface area (Å²) in [5.74, 6) is -2.17. The first kappa shape index (κ1) is 17.9. The van der Waals surface area contributed by atoms with Gasteiger partial charge in [-0.2, -0.15) is 0 Å². The van der Waals surface area contributed by atoms with Crippen LogP contribution < -0.4 is 0 Å². The van der Waals surface area contributed by atoms with Gasteiger partial charge in [0, 0.05) is 6.08 Å². The molecule has 1 aromatic carbocycles. The second-order valence-corrected chi connectivity index (χ2v) is 3.01. The van der Waals surface area contributed by atoms with Gasteiger partial charge in [0.2, 0.25) is 0 Å². The number of hydrogen-bond donors (Lipinski definition) is 2. The molecule has 0 bridgehead atoms. The number of rotatable bonds is 3. The zero-order valence-corrected chi connectivity index (χ0v) is 8.96. The number of carboxylic acid groups (broad SMARTS) is 2. The molecule has 17 heavy (non-hydrogen) atoms. The van der Waals surface area contributed by atoms with Gasteiger partial charge in [-0.1, -0.05) is 36.9 Å². The molecular weight excluding hydrogens is 215 g/mol. The van der Waals surface area contributed by atoms with Crippen molar-refractivity contribution in [2.45, 2.75) is 12.8 Å². The van der Waals surface area contributed by atoms with Crippen LogP contribution >= 0.6 is 0 Å². The average Bonchev–Trinajstić information content (AvgIpc) is 2.29. The fourth-order valence-electron chi connectivity index (χ4n) is 0.884. The Morgan fingerprint density at radius 1 is 1.24 bits per heavy atom. The molecule has 4 nitrogen and oxygen atoms in total. The normalized spacial score (nSPS) is 9.94. The Hall–Kier alpha value is -1.50. The maximum absolute atomic E-state index is 10.5. The fraction of sp³-hybridized carbons (Fsp3) is 0.167. The predicted octanol–water partition coefficient (Wildman–Crippen LogP) is 1.48. The topological polar surface area (TPSA) is 74.6 Å². The maximum atomic E-state index is 10.5. The first-order valence-corrected chi connectivity index (χ1v) is 4.62. The van der Waals surface area contributed by atoms with Crippen molar-refractivity contribution in [3.8, 4) is 0 Å². The molecule has 0 amide bonds. The van der Waals surface area contributed by atoms with Crippen LogP contribution in [0.15, 0.2) is 43.0 Å². The summed E-state index contributed by atoms with van der Waals surface area (Å²) in [6.07, 6.45) is 0.833. The molecule has 0 aliphatic rings. The molecule has 0 saturated heterocycles. The molecule has 0 fully saturated rings. The van der Waals surface area contributed by atoms with Crippen LogP contribution in [0.2, 0.25) is 0 Å². The van der Waals surface area contributed by atoms with E-state index in [1.165, 1.54) is 0 Å². The van der Waals surface area contributed by atoms with Crippen molar-refractivity contribution in [3.63, 3.8) is 0 Å². The quantitative estimate of drug-likeness (QED) is 0.609. The Kier molecular flexibility index (Phi) is 10.2. The number of carboxylic acids is 2. The third-order valence-electron chi connectivity index (χ3n) is 1.84.